The molecule has 1 atom stereocenters. The molecule has 0 aliphatic rings. The first-order valence-electron chi connectivity index (χ1n) is 5.47. The van der Waals surface area contributed by atoms with Crippen LogP contribution in [0.1, 0.15) is 0 Å². The molecular formula is C12H14AsNO3S. The molecule has 0 aromatic heterocycles. The molecule has 3 N–H and O–H groups in total. The van der Waals surface area contributed by atoms with Crippen molar-refractivity contribution in [1.29, 1.82) is 0 Å². The van der Waals surface area contributed by atoms with Gasteiger partial charge in [0.25, 0.3) is 0 Å². The predicted octanol–water partition coefficient (Wildman–Crippen LogP) is 0.525. The van der Waals surface area contributed by atoms with Gasteiger partial charge in [0, 0.05) is 0 Å². The zero-order valence-electron chi connectivity index (χ0n) is 9.63. The van der Waals surface area contributed by atoms with Crippen molar-refractivity contribution in [2.75, 3.05) is 6.54 Å². The molecule has 0 aliphatic carbocycles. The quantitative estimate of drug-likeness (QED) is 0.634. The predicted molar refractivity (Wildman–Crippen MR) is 74.4 cm³/mol. The van der Waals surface area contributed by atoms with E-state index in [4.69, 9.17) is 5.73 Å². The van der Waals surface area contributed by atoms with Crippen LogP contribution in [0.3, 0.4) is 0 Å². The van der Waals surface area contributed by atoms with Crippen molar-refractivity contribution in [3.63, 3.8) is 0 Å². The molecule has 0 fully saturated rings. The summed E-state index contributed by atoms with van der Waals surface area (Å²) in [5, 5.41) is 2.45. The van der Waals surface area contributed by atoms with Gasteiger partial charge in [0.2, 0.25) is 0 Å². The first kappa shape index (κ1) is 13.6. The van der Waals surface area contributed by atoms with Crippen LogP contribution in [0.25, 0.3) is 10.8 Å². The second kappa shape index (κ2) is 5.41. The van der Waals surface area contributed by atoms with Crippen molar-refractivity contribution >= 4 is 41.0 Å². The van der Waals surface area contributed by atoms with E-state index in [1.807, 2.05) is 18.2 Å². The summed E-state index contributed by atoms with van der Waals surface area (Å²) in [5.41, 5.74) is 5.51. The minimum absolute atomic E-state index is 0.0267. The average Bonchev–Trinajstić information content (AvgIpc) is 2.34. The van der Waals surface area contributed by atoms with Gasteiger partial charge >= 0.3 is 113 Å². The Bertz CT molecular complexity index is 670. The van der Waals surface area contributed by atoms with Gasteiger partial charge in [-0.15, -0.1) is 0 Å². The van der Waals surface area contributed by atoms with Gasteiger partial charge in [-0.1, -0.05) is 0 Å². The molecule has 6 heteroatoms. The molecule has 4 nitrogen and oxygen atoms in total. The molecule has 0 radical (unpaired) electrons. The van der Waals surface area contributed by atoms with E-state index in [1.165, 1.54) is 10.4 Å². The van der Waals surface area contributed by atoms with Gasteiger partial charge in [0.15, 0.2) is 0 Å². The number of hydrogen-bond donors (Lipinski definition) is 2. The summed E-state index contributed by atoms with van der Waals surface area (Å²) in [6, 6.07) is 10.5. The van der Waals surface area contributed by atoms with Gasteiger partial charge in [-0.05, 0) is 0 Å². The number of benzene rings is 2. The Morgan fingerprint density at radius 3 is 2.44 bits per heavy atom. The fourth-order valence-electron chi connectivity index (χ4n) is 1.87. The Labute approximate surface area is 113 Å². The van der Waals surface area contributed by atoms with Crippen molar-refractivity contribution in [2.24, 2.45) is 5.73 Å². The average molecular weight is 327 g/mol. The van der Waals surface area contributed by atoms with Gasteiger partial charge in [0.1, 0.15) is 0 Å². The molecule has 0 amide bonds. The molecule has 18 heavy (non-hydrogen) atoms. The van der Waals surface area contributed by atoms with Crippen LogP contribution in [0, 0.1) is 0 Å². The number of rotatable bonds is 4. The van der Waals surface area contributed by atoms with Crippen molar-refractivity contribution < 1.29 is 13.0 Å². The maximum absolute atomic E-state index is 11.3. The van der Waals surface area contributed by atoms with Crippen molar-refractivity contribution in [3.8, 4) is 0 Å². The molecular weight excluding hydrogens is 313 g/mol. The van der Waals surface area contributed by atoms with Gasteiger partial charge in [-0.25, -0.2) is 0 Å². The summed E-state index contributed by atoms with van der Waals surface area (Å²) in [7, 11) is -4.18. The molecule has 2 aromatic carbocycles. The summed E-state index contributed by atoms with van der Waals surface area (Å²) >= 11 is -0.366. The molecule has 0 aliphatic heterocycles. The third-order valence-electron chi connectivity index (χ3n) is 2.62. The van der Waals surface area contributed by atoms with E-state index in [9.17, 15) is 13.0 Å². The van der Waals surface area contributed by atoms with E-state index in [0.29, 0.717) is 11.9 Å². The van der Waals surface area contributed by atoms with Crippen LogP contribution in [-0.4, -0.2) is 35.3 Å². The number of fused-ring (bicyclic) bond motifs is 1. The zero-order chi connectivity index (χ0) is 13.2. The SMILES string of the molecule is NCC[AsH]c1cccc2c(S(=O)(=O)O)cccc12. The number of hydrogen-bond acceptors (Lipinski definition) is 3. The fraction of sp³-hybridized carbons (Fsp3) is 0.167. The Morgan fingerprint density at radius 1 is 1.11 bits per heavy atom. The molecule has 2 aromatic rings. The number of nitrogens with two attached hydrogens (primary N) is 1. The van der Waals surface area contributed by atoms with E-state index in [1.54, 1.807) is 12.1 Å². The molecule has 96 valence electrons. The van der Waals surface area contributed by atoms with Gasteiger partial charge in [-0.3, -0.25) is 0 Å². The van der Waals surface area contributed by atoms with E-state index < -0.39 is 10.1 Å². The second-order valence-electron chi connectivity index (χ2n) is 3.85. The topological polar surface area (TPSA) is 80.4 Å². The monoisotopic (exact) mass is 327 g/mol. The Morgan fingerprint density at radius 2 is 1.78 bits per heavy atom. The molecule has 2 rings (SSSR count). The molecule has 0 saturated carbocycles. The third-order valence-corrected chi connectivity index (χ3v) is 6.38. The van der Waals surface area contributed by atoms with Crippen LogP contribution in [0.4, 0.5) is 0 Å². The van der Waals surface area contributed by atoms with Crippen LogP contribution < -0.4 is 10.1 Å². The molecule has 0 spiro atoms. The minimum atomic E-state index is -4.18. The third kappa shape index (κ3) is 2.75. The maximum atomic E-state index is 11.3. The first-order chi connectivity index (χ1) is 8.54. The second-order valence-corrected chi connectivity index (χ2v) is 8.16. The van der Waals surface area contributed by atoms with E-state index >= 15 is 0 Å². The van der Waals surface area contributed by atoms with Crippen molar-refractivity contribution in [3.05, 3.63) is 36.4 Å². The van der Waals surface area contributed by atoms with Crippen LogP contribution in [-0.2, 0) is 10.1 Å². The van der Waals surface area contributed by atoms with Gasteiger partial charge in [0.05, 0.1) is 0 Å². The molecule has 0 heterocycles. The van der Waals surface area contributed by atoms with Crippen LogP contribution in [0.2, 0.25) is 5.21 Å². The summed E-state index contributed by atoms with van der Waals surface area (Å²) in [6.45, 7) is 0.647. The summed E-state index contributed by atoms with van der Waals surface area (Å²) in [6.07, 6.45) is 0. The molecule has 1 unspecified atom stereocenters. The van der Waals surface area contributed by atoms with E-state index in [0.717, 1.165) is 10.6 Å². The first-order valence-corrected chi connectivity index (χ1v) is 9.44. The fourth-order valence-corrected chi connectivity index (χ4v) is 4.75. The summed E-state index contributed by atoms with van der Waals surface area (Å²) < 4.78 is 33.0. The van der Waals surface area contributed by atoms with Gasteiger partial charge < -0.3 is 0 Å². The van der Waals surface area contributed by atoms with Crippen molar-refractivity contribution in [1.82, 2.24) is 0 Å². The van der Waals surface area contributed by atoms with Crippen LogP contribution >= 0.6 is 0 Å². The summed E-state index contributed by atoms with van der Waals surface area (Å²) in [5.74, 6) is 0. The Balaban J connectivity index is 2.66. The van der Waals surface area contributed by atoms with Crippen LogP contribution in [0.15, 0.2) is 41.3 Å². The van der Waals surface area contributed by atoms with E-state index in [-0.39, 0.29) is 20.6 Å². The Kier molecular flexibility index (Phi) is 4.07. The van der Waals surface area contributed by atoms with Crippen molar-refractivity contribution in [2.45, 2.75) is 10.1 Å². The zero-order valence-corrected chi connectivity index (χ0v) is 12.5. The molecule has 0 bridgehead atoms. The normalized spacial score (nSPS) is 12.6. The van der Waals surface area contributed by atoms with E-state index in [2.05, 4.69) is 0 Å². The van der Waals surface area contributed by atoms with Crippen LogP contribution in [0.5, 0.6) is 0 Å². The Hall–Kier alpha value is -0.872. The standard InChI is InChI=1S/C12H14AsNO3S/c14-8-7-13-11-5-1-4-10-9(11)3-2-6-12(10)18(15,16)17/h1-6,13H,7-8,14H2,(H,15,16,17). The molecule has 0 saturated heterocycles. The summed E-state index contributed by atoms with van der Waals surface area (Å²) in [4.78, 5) is -0.0267. The van der Waals surface area contributed by atoms with Gasteiger partial charge in [-0.2, -0.15) is 0 Å².